The zero-order chi connectivity index (χ0) is 21.0. The molecule has 0 radical (unpaired) electrons. The van der Waals surface area contributed by atoms with Crippen molar-refractivity contribution in [2.24, 2.45) is 0 Å². The molecule has 2 N–H and O–H groups in total. The van der Waals surface area contributed by atoms with E-state index >= 15 is 0 Å². The summed E-state index contributed by atoms with van der Waals surface area (Å²) in [6.45, 7) is 4.20. The average Bonchev–Trinajstić information content (AvgIpc) is 2.99. The molecule has 0 unspecified atom stereocenters. The Balaban J connectivity index is 1.74. The summed E-state index contributed by atoms with van der Waals surface area (Å²) in [5.74, 6) is -0.346. The number of hydrogen-bond donors (Lipinski definition) is 2. The Morgan fingerprint density at radius 3 is 2.31 bits per heavy atom. The van der Waals surface area contributed by atoms with Crippen LogP contribution in [0.5, 0.6) is 0 Å². The first-order valence-corrected chi connectivity index (χ1v) is 9.31. The van der Waals surface area contributed by atoms with E-state index in [1.807, 2.05) is 50.8 Å². The van der Waals surface area contributed by atoms with Crippen molar-refractivity contribution >= 4 is 23.2 Å². The van der Waals surface area contributed by atoms with Crippen LogP contribution in [0.4, 0.5) is 11.4 Å². The molecule has 3 aromatic rings. The largest absolute Gasteiger partial charge is 0.325 e. The minimum atomic E-state index is -0.231. The van der Waals surface area contributed by atoms with Crippen molar-refractivity contribution < 1.29 is 9.59 Å². The van der Waals surface area contributed by atoms with Gasteiger partial charge in [0.2, 0.25) is 5.91 Å². The van der Waals surface area contributed by atoms with E-state index in [9.17, 15) is 9.59 Å². The lowest BCUT2D eigenvalue weighted by Gasteiger charge is -2.12. The fourth-order valence-electron chi connectivity index (χ4n) is 3.03. The van der Waals surface area contributed by atoms with Gasteiger partial charge in [-0.1, -0.05) is 12.1 Å². The van der Waals surface area contributed by atoms with Crippen molar-refractivity contribution in [1.82, 2.24) is 14.7 Å². The lowest BCUT2D eigenvalue weighted by atomic mass is 10.1. The van der Waals surface area contributed by atoms with Gasteiger partial charge in [-0.05, 0) is 70.4 Å². The third kappa shape index (κ3) is 5.30. The lowest BCUT2D eigenvalue weighted by molar-refractivity contribution is -0.116. The van der Waals surface area contributed by atoms with Crippen molar-refractivity contribution in [3.8, 4) is 5.69 Å². The average molecular weight is 391 g/mol. The molecule has 29 heavy (non-hydrogen) atoms. The van der Waals surface area contributed by atoms with Gasteiger partial charge in [-0.2, -0.15) is 5.10 Å². The van der Waals surface area contributed by atoms with Crippen LogP contribution in [0.25, 0.3) is 5.69 Å². The van der Waals surface area contributed by atoms with E-state index in [-0.39, 0.29) is 18.4 Å². The number of amides is 2. The van der Waals surface area contributed by atoms with Crippen molar-refractivity contribution in [1.29, 1.82) is 0 Å². The summed E-state index contributed by atoms with van der Waals surface area (Å²) in [5.41, 5.74) is 4.51. The molecule has 7 nitrogen and oxygen atoms in total. The Bertz CT molecular complexity index is 1040. The van der Waals surface area contributed by atoms with E-state index in [0.29, 0.717) is 16.9 Å². The first kappa shape index (κ1) is 20.3. The zero-order valence-electron chi connectivity index (χ0n) is 17.1. The van der Waals surface area contributed by atoms with E-state index in [1.54, 1.807) is 41.3 Å². The Labute approximate surface area is 170 Å². The lowest BCUT2D eigenvalue weighted by Crippen LogP contribution is -2.27. The van der Waals surface area contributed by atoms with Gasteiger partial charge in [0.1, 0.15) is 0 Å². The van der Waals surface area contributed by atoms with E-state index in [2.05, 4.69) is 15.7 Å². The predicted molar refractivity (Wildman–Crippen MR) is 115 cm³/mol. The number of hydrogen-bond acceptors (Lipinski definition) is 4. The molecule has 0 fully saturated rings. The molecule has 1 heterocycles. The van der Waals surface area contributed by atoms with Gasteiger partial charge in [-0.25, -0.2) is 4.68 Å². The quantitative estimate of drug-likeness (QED) is 0.676. The topological polar surface area (TPSA) is 79.3 Å². The van der Waals surface area contributed by atoms with Crippen LogP contribution in [0.3, 0.4) is 0 Å². The van der Waals surface area contributed by atoms with Gasteiger partial charge in [0.15, 0.2) is 0 Å². The van der Waals surface area contributed by atoms with Gasteiger partial charge in [0, 0.05) is 22.6 Å². The van der Waals surface area contributed by atoms with Crippen LogP contribution < -0.4 is 10.6 Å². The molecule has 0 spiro atoms. The molecule has 1 aromatic heterocycles. The Kier molecular flexibility index (Phi) is 6.09. The number of aromatic nitrogens is 2. The van der Waals surface area contributed by atoms with Crippen LogP contribution in [0.2, 0.25) is 0 Å². The third-order valence-corrected chi connectivity index (χ3v) is 4.23. The first-order chi connectivity index (χ1) is 13.8. The van der Waals surface area contributed by atoms with Crippen LogP contribution in [-0.2, 0) is 4.79 Å². The minimum absolute atomic E-state index is 0.115. The van der Waals surface area contributed by atoms with Crippen LogP contribution in [-0.4, -0.2) is 47.1 Å². The molecule has 3 rings (SSSR count). The Hall–Kier alpha value is -3.45. The normalized spacial score (nSPS) is 10.8. The number of nitrogens with one attached hydrogen (secondary N) is 2. The molecule has 0 saturated carbocycles. The Morgan fingerprint density at radius 1 is 0.966 bits per heavy atom. The molecule has 0 bridgehead atoms. The van der Waals surface area contributed by atoms with Crippen molar-refractivity contribution in [2.45, 2.75) is 13.8 Å². The number of likely N-dealkylation sites (N-methyl/N-ethyl adjacent to an activating group) is 1. The van der Waals surface area contributed by atoms with E-state index in [0.717, 1.165) is 17.1 Å². The number of carbonyl (C=O) groups excluding carboxylic acids is 2. The van der Waals surface area contributed by atoms with Crippen molar-refractivity contribution in [3.63, 3.8) is 0 Å². The van der Waals surface area contributed by atoms with Gasteiger partial charge >= 0.3 is 0 Å². The second-order valence-corrected chi connectivity index (χ2v) is 7.21. The molecule has 2 amide bonds. The molecule has 7 heteroatoms. The molecule has 0 aliphatic heterocycles. The van der Waals surface area contributed by atoms with Crippen LogP contribution in [0, 0.1) is 13.8 Å². The highest BCUT2D eigenvalue weighted by molar-refractivity contribution is 6.05. The second-order valence-electron chi connectivity index (χ2n) is 7.21. The summed E-state index contributed by atoms with van der Waals surface area (Å²) < 4.78 is 1.81. The Morgan fingerprint density at radius 2 is 1.66 bits per heavy atom. The van der Waals surface area contributed by atoms with Gasteiger partial charge < -0.3 is 15.5 Å². The van der Waals surface area contributed by atoms with Crippen molar-refractivity contribution in [2.75, 3.05) is 31.3 Å². The molecule has 0 aliphatic rings. The predicted octanol–water partition coefficient (Wildman–Crippen LogP) is 3.24. The molecular weight excluding hydrogens is 366 g/mol. The summed E-state index contributed by atoms with van der Waals surface area (Å²) in [6.07, 6.45) is 0. The maximum atomic E-state index is 12.7. The van der Waals surface area contributed by atoms with Crippen molar-refractivity contribution in [3.05, 3.63) is 71.5 Å². The highest BCUT2D eigenvalue weighted by Gasteiger charge is 2.11. The number of aryl methyl sites for hydroxylation is 2. The fourth-order valence-corrected chi connectivity index (χ4v) is 3.03. The zero-order valence-corrected chi connectivity index (χ0v) is 17.1. The summed E-state index contributed by atoms with van der Waals surface area (Å²) in [4.78, 5) is 26.5. The number of rotatable bonds is 6. The number of carbonyl (C=O) groups is 2. The number of benzene rings is 2. The van der Waals surface area contributed by atoms with Gasteiger partial charge in [-0.3, -0.25) is 9.59 Å². The SMILES string of the molecule is Cc1cc(C)n(-c2cccc(C(=O)Nc3cccc(NC(=O)CN(C)C)c3)c2)n1. The van der Waals surface area contributed by atoms with Crippen LogP contribution in [0.15, 0.2) is 54.6 Å². The summed E-state index contributed by atoms with van der Waals surface area (Å²) in [6, 6.07) is 16.4. The van der Waals surface area contributed by atoms with E-state index < -0.39 is 0 Å². The fraction of sp³-hybridized carbons (Fsp3) is 0.227. The smallest absolute Gasteiger partial charge is 0.255 e. The maximum Gasteiger partial charge on any atom is 0.255 e. The standard InChI is InChI=1S/C22H25N5O2/c1-15-11-16(2)27(25-15)20-10-5-7-17(12-20)22(29)24-19-9-6-8-18(13-19)23-21(28)14-26(3)4/h5-13H,14H2,1-4H3,(H,23,28)(H,24,29). The highest BCUT2D eigenvalue weighted by Crippen LogP contribution is 2.18. The minimum Gasteiger partial charge on any atom is -0.325 e. The monoisotopic (exact) mass is 391 g/mol. The highest BCUT2D eigenvalue weighted by atomic mass is 16.2. The third-order valence-electron chi connectivity index (χ3n) is 4.23. The second kappa shape index (κ2) is 8.70. The van der Waals surface area contributed by atoms with Gasteiger partial charge in [-0.15, -0.1) is 0 Å². The molecule has 0 atom stereocenters. The first-order valence-electron chi connectivity index (χ1n) is 9.31. The molecular formula is C22H25N5O2. The molecule has 150 valence electrons. The van der Waals surface area contributed by atoms with Crippen LogP contribution >= 0.6 is 0 Å². The number of nitrogens with zero attached hydrogens (tertiary/aromatic N) is 3. The molecule has 0 saturated heterocycles. The van der Waals surface area contributed by atoms with E-state index in [1.165, 1.54) is 0 Å². The summed E-state index contributed by atoms with van der Waals surface area (Å²) >= 11 is 0. The van der Waals surface area contributed by atoms with Crippen LogP contribution in [0.1, 0.15) is 21.7 Å². The maximum absolute atomic E-state index is 12.7. The van der Waals surface area contributed by atoms with Gasteiger partial charge in [0.05, 0.1) is 17.9 Å². The molecule has 2 aromatic carbocycles. The molecule has 0 aliphatic carbocycles. The van der Waals surface area contributed by atoms with Gasteiger partial charge in [0.25, 0.3) is 5.91 Å². The summed E-state index contributed by atoms with van der Waals surface area (Å²) in [5, 5.41) is 10.2. The van der Waals surface area contributed by atoms with E-state index in [4.69, 9.17) is 0 Å². The number of anilines is 2. The summed E-state index contributed by atoms with van der Waals surface area (Å²) in [7, 11) is 3.66.